The Kier molecular flexibility index (Phi) is 6.43. The first-order chi connectivity index (χ1) is 19.8. The number of fused-ring (bicyclic) bond motifs is 1. The van der Waals surface area contributed by atoms with E-state index in [0.717, 1.165) is 22.0 Å². The zero-order valence-corrected chi connectivity index (χ0v) is 22.5. The normalized spacial score (nSPS) is 11.1. The number of hydrogen-bond acceptors (Lipinski definition) is 5. The average Bonchev–Trinajstić information content (AvgIpc) is 3.60. The topological polar surface area (TPSA) is 107 Å². The highest BCUT2D eigenvalue weighted by Crippen LogP contribution is 2.36. The Labute approximate surface area is 233 Å². The Hall–Kier alpha value is -5.51. The highest BCUT2D eigenvalue weighted by molar-refractivity contribution is 6.05. The minimum absolute atomic E-state index is 0.00905. The van der Waals surface area contributed by atoms with E-state index in [-0.39, 0.29) is 5.56 Å². The van der Waals surface area contributed by atoms with Crippen molar-refractivity contribution in [3.05, 3.63) is 118 Å². The lowest BCUT2D eigenvalue weighted by molar-refractivity contribution is 0.102. The lowest BCUT2D eigenvalue weighted by atomic mass is 10.1. The summed E-state index contributed by atoms with van der Waals surface area (Å²) in [5.74, 6) is 0.232. The number of aromatic amines is 1. The number of carbonyl (C=O) groups excluding carboxylic acids is 1. The SMILES string of the molecule is Cc1cc(C)n(-c2ccc(F)cc2)c(=O)c1C(=O)Nc1ccc(Oc2cc3cnn(C)c3cc2-c2cn[nH]c2)cc1. The zero-order valence-electron chi connectivity index (χ0n) is 22.5. The summed E-state index contributed by atoms with van der Waals surface area (Å²) in [5.41, 5.74) is 4.34. The van der Waals surface area contributed by atoms with Crippen LogP contribution in [0.25, 0.3) is 27.7 Å². The number of carbonyl (C=O) groups is 1. The third-order valence-electron chi connectivity index (χ3n) is 6.90. The van der Waals surface area contributed by atoms with E-state index in [1.165, 1.54) is 28.8 Å². The van der Waals surface area contributed by atoms with E-state index < -0.39 is 17.3 Å². The fourth-order valence-electron chi connectivity index (χ4n) is 4.89. The lowest BCUT2D eigenvalue weighted by Crippen LogP contribution is -2.31. The van der Waals surface area contributed by atoms with Gasteiger partial charge in [-0.05, 0) is 86.1 Å². The molecule has 0 saturated heterocycles. The number of ether oxygens (including phenoxy) is 1. The molecule has 0 fully saturated rings. The second-order valence-electron chi connectivity index (χ2n) is 9.70. The molecule has 0 unspecified atom stereocenters. The monoisotopic (exact) mass is 548 g/mol. The van der Waals surface area contributed by atoms with Gasteiger partial charge in [0.25, 0.3) is 11.5 Å². The molecule has 2 N–H and O–H groups in total. The van der Waals surface area contributed by atoms with Gasteiger partial charge < -0.3 is 10.1 Å². The molecule has 204 valence electrons. The molecule has 0 radical (unpaired) electrons. The van der Waals surface area contributed by atoms with Crippen LogP contribution < -0.4 is 15.6 Å². The van der Waals surface area contributed by atoms with Crippen molar-refractivity contribution in [2.24, 2.45) is 7.05 Å². The first-order valence-corrected chi connectivity index (χ1v) is 12.8. The van der Waals surface area contributed by atoms with Crippen LogP contribution in [-0.2, 0) is 7.05 Å². The number of anilines is 1. The third-order valence-corrected chi connectivity index (χ3v) is 6.90. The molecule has 3 aromatic heterocycles. The highest BCUT2D eigenvalue weighted by Gasteiger charge is 2.19. The van der Waals surface area contributed by atoms with Crippen molar-refractivity contribution in [1.82, 2.24) is 24.5 Å². The van der Waals surface area contributed by atoms with Gasteiger partial charge in [0.1, 0.15) is 22.9 Å². The van der Waals surface area contributed by atoms with Crippen molar-refractivity contribution in [2.75, 3.05) is 5.32 Å². The van der Waals surface area contributed by atoms with Crippen LogP contribution in [0.3, 0.4) is 0 Å². The van der Waals surface area contributed by atoms with Gasteiger partial charge in [-0.25, -0.2) is 4.39 Å². The Morgan fingerprint density at radius 2 is 1.76 bits per heavy atom. The minimum atomic E-state index is -0.540. The first kappa shape index (κ1) is 25.8. The Balaban J connectivity index is 1.26. The third kappa shape index (κ3) is 4.87. The number of hydrogen-bond donors (Lipinski definition) is 2. The van der Waals surface area contributed by atoms with Gasteiger partial charge in [-0.2, -0.15) is 10.2 Å². The maximum absolute atomic E-state index is 13.4. The molecule has 10 heteroatoms. The van der Waals surface area contributed by atoms with E-state index in [2.05, 4.69) is 20.6 Å². The maximum atomic E-state index is 13.4. The summed E-state index contributed by atoms with van der Waals surface area (Å²) in [5, 5.41) is 15.0. The Bertz CT molecular complexity index is 1960. The number of pyridine rings is 1. The van der Waals surface area contributed by atoms with E-state index in [1.54, 1.807) is 67.5 Å². The molecule has 0 atom stereocenters. The van der Waals surface area contributed by atoms with Gasteiger partial charge in [-0.3, -0.25) is 23.9 Å². The molecule has 0 aliphatic heterocycles. The number of aryl methyl sites for hydroxylation is 3. The summed E-state index contributed by atoms with van der Waals surface area (Å²) in [6.07, 6.45) is 5.29. The molecule has 9 nitrogen and oxygen atoms in total. The zero-order chi connectivity index (χ0) is 28.7. The van der Waals surface area contributed by atoms with Gasteiger partial charge in [0.05, 0.1) is 17.9 Å². The number of amides is 1. The highest BCUT2D eigenvalue weighted by atomic mass is 19.1. The molecule has 0 aliphatic carbocycles. The number of benzene rings is 3. The molecule has 6 aromatic rings. The van der Waals surface area contributed by atoms with E-state index in [0.29, 0.717) is 34.1 Å². The van der Waals surface area contributed by atoms with Crippen LogP contribution in [-0.4, -0.2) is 30.5 Å². The van der Waals surface area contributed by atoms with Crippen molar-refractivity contribution in [3.63, 3.8) is 0 Å². The second-order valence-corrected chi connectivity index (χ2v) is 9.70. The fourth-order valence-corrected chi connectivity index (χ4v) is 4.89. The predicted molar refractivity (Wildman–Crippen MR) is 154 cm³/mol. The number of rotatable bonds is 6. The molecule has 41 heavy (non-hydrogen) atoms. The maximum Gasteiger partial charge on any atom is 0.268 e. The van der Waals surface area contributed by atoms with Gasteiger partial charge in [0.2, 0.25) is 0 Å². The van der Waals surface area contributed by atoms with Crippen molar-refractivity contribution in [3.8, 4) is 28.3 Å². The molecule has 3 heterocycles. The summed E-state index contributed by atoms with van der Waals surface area (Å²) >= 11 is 0. The Morgan fingerprint density at radius 3 is 2.46 bits per heavy atom. The number of halogens is 1. The van der Waals surface area contributed by atoms with Crippen molar-refractivity contribution in [1.29, 1.82) is 0 Å². The van der Waals surface area contributed by atoms with Crippen molar-refractivity contribution in [2.45, 2.75) is 13.8 Å². The predicted octanol–water partition coefficient (Wildman–Crippen LogP) is 5.91. The molecule has 6 rings (SSSR count). The molecule has 0 aliphatic rings. The largest absolute Gasteiger partial charge is 0.457 e. The smallest absolute Gasteiger partial charge is 0.268 e. The van der Waals surface area contributed by atoms with Crippen molar-refractivity contribution < 1.29 is 13.9 Å². The van der Waals surface area contributed by atoms with Gasteiger partial charge in [-0.1, -0.05) is 0 Å². The van der Waals surface area contributed by atoms with E-state index in [1.807, 2.05) is 19.2 Å². The molecule has 0 bridgehead atoms. The number of nitrogens with zero attached hydrogens (tertiary/aromatic N) is 4. The average molecular weight is 549 g/mol. The van der Waals surface area contributed by atoms with E-state index in [9.17, 15) is 14.0 Å². The number of nitrogens with one attached hydrogen (secondary N) is 2. The minimum Gasteiger partial charge on any atom is -0.457 e. The molecule has 1 amide bonds. The summed E-state index contributed by atoms with van der Waals surface area (Å²) in [4.78, 5) is 26.6. The summed E-state index contributed by atoms with van der Waals surface area (Å²) in [6.45, 7) is 3.48. The van der Waals surface area contributed by atoms with Gasteiger partial charge >= 0.3 is 0 Å². The van der Waals surface area contributed by atoms with Crippen LogP contribution in [0.1, 0.15) is 21.6 Å². The van der Waals surface area contributed by atoms with Crippen LogP contribution in [0.4, 0.5) is 10.1 Å². The second kappa shape index (κ2) is 10.2. The van der Waals surface area contributed by atoms with Crippen LogP contribution in [0, 0.1) is 19.7 Å². The van der Waals surface area contributed by atoms with Crippen LogP contribution >= 0.6 is 0 Å². The fraction of sp³-hybridized carbons (Fsp3) is 0.0968. The van der Waals surface area contributed by atoms with Crippen LogP contribution in [0.5, 0.6) is 11.5 Å². The first-order valence-electron chi connectivity index (χ1n) is 12.8. The lowest BCUT2D eigenvalue weighted by Gasteiger charge is -2.15. The summed E-state index contributed by atoms with van der Waals surface area (Å²) in [7, 11) is 1.88. The van der Waals surface area contributed by atoms with Gasteiger partial charge in [-0.15, -0.1) is 0 Å². The van der Waals surface area contributed by atoms with E-state index >= 15 is 0 Å². The summed E-state index contributed by atoms with van der Waals surface area (Å²) < 4.78 is 22.9. The van der Waals surface area contributed by atoms with Crippen LogP contribution in [0.2, 0.25) is 0 Å². The molecular formula is C31H25FN6O3. The molecule has 0 spiro atoms. The van der Waals surface area contributed by atoms with Gasteiger partial charge in [0, 0.05) is 46.8 Å². The standard InChI is InChI=1S/C31H25FN6O3/c1-18-12-19(2)38(24-8-4-22(32)5-9-24)31(40)29(18)30(39)36-23-6-10-25(11-7-23)41-28-13-20-17-35-37(3)27(20)14-26(28)21-15-33-34-16-21/h4-17H,1-3H3,(H,33,34)(H,36,39). The summed E-state index contributed by atoms with van der Waals surface area (Å²) in [6, 6.07) is 18.1. The molecule has 3 aromatic carbocycles. The quantitative estimate of drug-likeness (QED) is 0.269. The van der Waals surface area contributed by atoms with Crippen molar-refractivity contribution >= 4 is 22.5 Å². The van der Waals surface area contributed by atoms with Crippen LogP contribution in [0.15, 0.2) is 90.1 Å². The Morgan fingerprint density at radius 1 is 1.00 bits per heavy atom. The molecule has 0 saturated carbocycles. The number of aromatic nitrogens is 5. The van der Waals surface area contributed by atoms with Gasteiger partial charge in [0.15, 0.2) is 0 Å². The number of H-pyrrole nitrogens is 1. The van der Waals surface area contributed by atoms with E-state index in [4.69, 9.17) is 4.74 Å². The molecular weight excluding hydrogens is 523 g/mol.